The normalized spacial score (nSPS) is 23.6. The van der Waals surface area contributed by atoms with Gasteiger partial charge in [-0.05, 0) is 31.9 Å². The molecule has 1 N–H and O–H groups in total. The van der Waals surface area contributed by atoms with E-state index in [0.29, 0.717) is 25.9 Å². The number of nitrogens with zero attached hydrogens (tertiary/aromatic N) is 1. The quantitative estimate of drug-likeness (QED) is 0.928. The summed E-state index contributed by atoms with van der Waals surface area (Å²) in [6.45, 7) is 4.83. The number of carbonyl (C=O) groups excluding carboxylic acids is 2. The molecule has 1 atom stereocenters. The summed E-state index contributed by atoms with van der Waals surface area (Å²) in [5.41, 5.74) is -0.777. The summed E-state index contributed by atoms with van der Waals surface area (Å²) in [7, 11) is 0. The molecule has 2 amide bonds. The average molecular weight is 315 g/mol. The van der Waals surface area contributed by atoms with Crippen molar-refractivity contribution in [3.05, 3.63) is 21.3 Å². The number of thiophene rings is 1. The Morgan fingerprint density at radius 3 is 2.80 bits per heavy atom. The van der Waals surface area contributed by atoms with E-state index in [1.54, 1.807) is 11.8 Å². The fraction of sp³-hybridized carbons (Fsp3) is 0.571. The maximum atomic E-state index is 12.6. The lowest BCUT2D eigenvalue weighted by molar-refractivity contribution is -0.138. The third-order valence-electron chi connectivity index (χ3n) is 3.75. The van der Waals surface area contributed by atoms with E-state index >= 15 is 0 Å². The predicted octanol–water partition coefficient (Wildman–Crippen LogP) is 2.46. The molecule has 0 spiro atoms. The fourth-order valence-electron chi connectivity index (χ4n) is 2.29. The Morgan fingerprint density at radius 1 is 1.45 bits per heavy atom. The van der Waals surface area contributed by atoms with Crippen LogP contribution < -0.4 is 5.32 Å². The van der Waals surface area contributed by atoms with E-state index in [2.05, 4.69) is 5.32 Å². The molecular formula is C14H19ClN2O2S. The van der Waals surface area contributed by atoms with Gasteiger partial charge in [0.1, 0.15) is 5.54 Å². The van der Waals surface area contributed by atoms with Crippen LogP contribution >= 0.6 is 22.9 Å². The third-order valence-corrected chi connectivity index (χ3v) is 5.04. The van der Waals surface area contributed by atoms with Crippen molar-refractivity contribution in [1.82, 2.24) is 10.2 Å². The Kier molecular flexibility index (Phi) is 4.70. The van der Waals surface area contributed by atoms with Gasteiger partial charge in [-0.2, -0.15) is 0 Å². The Morgan fingerprint density at radius 2 is 2.20 bits per heavy atom. The lowest BCUT2D eigenvalue weighted by Gasteiger charge is -2.31. The Bertz CT molecular complexity index is 517. The first-order valence-corrected chi connectivity index (χ1v) is 7.98. The number of carbonyl (C=O) groups is 2. The van der Waals surface area contributed by atoms with Crippen molar-refractivity contribution in [1.29, 1.82) is 0 Å². The second-order valence-corrected chi connectivity index (χ2v) is 7.03. The zero-order valence-electron chi connectivity index (χ0n) is 11.7. The second-order valence-electron chi connectivity index (χ2n) is 5.23. The van der Waals surface area contributed by atoms with E-state index in [9.17, 15) is 9.59 Å². The monoisotopic (exact) mass is 314 g/mol. The SMILES string of the molecule is CCC1(C)NC(=O)CCN(CCc2ccc(Cl)s2)C1=O. The summed E-state index contributed by atoms with van der Waals surface area (Å²) >= 11 is 7.44. The van der Waals surface area contributed by atoms with Crippen molar-refractivity contribution < 1.29 is 9.59 Å². The number of nitrogens with one attached hydrogen (secondary N) is 1. The van der Waals surface area contributed by atoms with Gasteiger partial charge in [-0.25, -0.2) is 0 Å². The van der Waals surface area contributed by atoms with E-state index < -0.39 is 5.54 Å². The average Bonchev–Trinajstić information content (AvgIpc) is 2.79. The minimum absolute atomic E-state index is 0.00787. The summed E-state index contributed by atoms with van der Waals surface area (Å²) in [6, 6.07) is 3.85. The second kappa shape index (κ2) is 6.14. The van der Waals surface area contributed by atoms with Gasteiger partial charge in [-0.1, -0.05) is 18.5 Å². The van der Waals surface area contributed by atoms with Crippen LogP contribution in [0.4, 0.5) is 0 Å². The molecule has 2 rings (SSSR count). The molecule has 1 aliphatic heterocycles. The van der Waals surface area contributed by atoms with E-state index in [-0.39, 0.29) is 11.8 Å². The van der Waals surface area contributed by atoms with Crippen molar-refractivity contribution in [3.63, 3.8) is 0 Å². The first kappa shape index (κ1) is 15.3. The van der Waals surface area contributed by atoms with Crippen LogP contribution in [-0.2, 0) is 16.0 Å². The smallest absolute Gasteiger partial charge is 0.248 e. The van der Waals surface area contributed by atoms with Crippen LogP contribution in [0.2, 0.25) is 4.34 Å². The molecule has 0 radical (unpaired) electrons. The highest BCUT2D eigenvalue weighted by Gasteiger charge is 2.38. The van der Waals surface area contributed by atoms with Crippen molar-refractivity contribution in [3.8, 4) is 0 Å². The van der Waals surface area contributed by atoms with Gasteiger partial charge in [0.2, 0.25) is 11.8 Å². The molecule has 0 bridgehead atoms. The molecule has 0 saturated carbocycles. The maximum absolute atomic E-state index is 12.6. The molecule has 1 aromatic rings. The molecule has 0 aromatic carbocycles. The molecule has 6 heteroatoms. The molecule has 1 unspecified atom stereocenters. The summed E-state index contributed by atoms with van der Waals surface area (Å²) in [5, 5.41) is 2.84. The van der Waals surface area contributed by atoms with E-state index in [4.69, 9.17) is 11.6 Å². The highest BCUT2D eigenvalue weighted by atomic mass is 35.5. The van der Waals surface area contributed by atoms with Crippen LogP contribution in [0.5, 0.6) is 0 Å². The highest BCUT2D eigenvalue weighted by Crippen LogP contribution is 2.23. The Balaban J connectivity index is 2.06. The van der Waals surface area contributed by atoms with E-state index in [1.807, 2.05) is 19.1 Å². The largest absolute Gasteiger partial charge is 0.342 e. The first-order valence-electron chi connectivity index (χ1n) is 6.79. The summed E-state index contributed by atoms with van der Waals surface area (Å²) in [4.78, 5) is 27.2. The summed E-state index contributed by atoms with van der Waals surface area (Å²) in [5.74, 6) is -0.0436. The van der Waals surface area contributed by atoms with Crippen LogP contribution in [-0.4, -0.2) is 35.3 Å². The van der Waals surface area contributed by atoms with Gasteiger partial charge < -0.3 is 10.2 Å². The van der Waals surface area contributed by atoms with Crippen LogP contribution in [0.15, 0.2) is 12.1 Å². The number of halogens is 1. The minimum atomic E-state index is -0.777. The number of amides is 2. The molecule has 2 heterocycles. The van der Waals surface area contributed by atoms with Gasteiger partial charge in [0.15, 0.2) is 0 Å². The fourth-order valence-corrected chi connectivity index (χ4v) is 3.37. The first-order chi connectivity index (χ1) is 9.44. The summed E-state index contributed by atoms with van der Waals surface area (Å²) < 4.78 is 0.762. The molecule has 0 aliphatic carbocycles. The molecule has 1 saturated heterocycles. The van der Waals surface area contributed by atoms with Crippen molar-refractivity contribution >= 4 is 34.8 Å². The lowest BCUT2D eigenvalue weighted by atomic mass is 9.97. The molecule has 20 heavy (non-hydrogen) atoms. The zero-order chi connectivity index (χ0) is 14.8. The number of hydrogen-bond donors (Lipinski definition) is 1. The van der Waals surface area contributed by atoms with Gasteiger partial charge >= 0.3 is 0 Å². The maximum Gasteiger partial charge on any atom is 0.248 e. The number of hydrogen-bond acceptors (Lipinski definition) is 3. The van der Waals surface area contributed by atoms with Gasteiger partial charge in [0.25, 0.3) is 0 Å². The lowest BCUT2D eigenvalue weighted by Crippen LogP contribution is -2.54. The molecule has 1 aromatic heterocycles. The molecule has 4 nitrogen and oxygen atoms in total. The summed E-state index contributed by atoms with van der Waals surface area (Å²) in [6.07, 6.45) is 1.74. The van der Waals surface area contributed by atoms with Gasteiger partial charge in [-0.15, -0.1) is 11.3 Å². The van der Waals surface area contributed by atoms with Crippen molar-refractivity contribution in [2.24, 2.45) is 0 Å². The molecular weight excluding hydrogens is 296 g/mol. The minimum Gasteiger partial charge on any atom is -0.342 e. The zero-order valence-corrected chi connectivity index (χ0v) is 13.3. The third kappa shape index (κ3) is 3.33. The van der Waals surface area contributed by atoms with Crippen LogP contribution in [0.3, 0.4) is 0 Å². The van der Waals surface area contributed by atoms with Gasteiger partial charge in [-0.3, -0.25) is 9.59 Å². The molecule has 1 fully saturated rings. The van der Waals surface area contributed by atoms with E-state index in [0.717, 1.165) is 15.6 Å². The van der Waals surface area contributed by atoms with E-state index in [1.165, 1.54) is 11.3 Å². The standard InChI is InChI=1S/C14H19ClN2O2S/c1-3-14(2)13(19)17(9-7-12(18)16-14)8-6-10-4-5-11(15)20-10/h4-5H,3,6-9H2,1-2H3,(H,16,18). The molecule has 1 aliphatic rings. The number of rotatable bonds is 4. The Hall–Kier alpha value is -1.07. The van der Waals surface area contributed by atoms with Crippen LogP contribution in [0, 0.1) is 0 Å². The van der Waals surface area contributed by atoms with Gasteiger partial charge in [0, 0.05) is 24.4 Å². The van der Waals surface area contributed by atoms with Gasteiger partial charge in [0.05, 0.1) is 4.34 Å². The predicted molar refractivity (Wildman–Crippen MR) is 81.1 cm³/mol. The topological polar surface area (TPSA) is 49.4 Å². The molecule has 110 valence electrons. The Labute approximate surface area is 128 Å². The highest BCUT2D eigenvalue weighted by molar-refractivity contribution is 7.16. The van der Waals surface area contributed by atoms with Crippen molar-refractivity contribution in [2.75, 3.05) is 13.1 Å². The van der Waals surface area contributed by atoms with Crippen LogP contribution in [0.1, 0.15) is 31.6 Å². The van der Waals surface area contributed by atoms with Crippen molar-refractivity contribution in [2.45, 2.75) is 38.6 Å². The van der Waals surface area contributed by atoms with Crippen LogP contribution in [0.25, 0.3) is 0 Å².